The number of fused-ring (bicyclic) bond motifs is 1. The molecule has 0 aliphatic carbocycles. The van der Waals surface area contributed by atoms with Crippen LogP contribution >= 0.6 is 23.1 Å². The Morgan fingerprint density at radius 2 is 1.75 bits per heavy atom. The molecule has 0 radical (unpaired) electrons. The molecular weight excluding hydrogens is 392 g/mol. The van der Waals surface area contributed by atoms with Gasteiger partial charge in [-0.25, -0.2) is 4.98 Å². The van der Waals surface area contributed by atoms with Gasteiger partial charge >= 0.3 is 5.97 Å². The lowest BCUT2D eigenvalue weighted by atomic mass is 10.2. The van der Waals surface area contributed by atoms with Gasteiger partial charge in [-0.3, -0.25) is 14.2 Å². The molecule has 4 rings (SSSR count). The first-order valence-electron chi connectivity index (χ1n) is 8.60. The van der Waals surface area contributed by atoms with Crippen LogP contribution in [0, 0.1) is 0 Å². The molecule has 0 spiro atoms. The zero-order chi connectivity index (χ0) is 19.5. The predicted molar refractivity (Wildman–Crippen MR) is 113 cm³/mol. The van der Waals surface area contributed by atoms with Crippen molar-refractivity contribution in [1.29, 1.82) is 0 Å². The molecule has 0 fully saturated rings. The molecule has 7 heteroatoms. The molecule has 4 aromatic rings. The SMILES string of the molecule is O=C(O)CSc1nc2cc(-c3ccccc3)sc2c(=O)n1Cc1ccccc1. The van der Waals surface area contributed by atoms with Gasteiger partial charge in [0, 0.05) is 4.88 Å². The van der Waals surface area contributed by atoms with E-state index in [2.05, 4.69) is 4.98 Å². The van der Waals surface area contributed by atoms with Crippen LogP contribution in [0.5, 0.6) is 0 Å². The minimum absolute atomic E-state index is 0.145. The van der Waals surface area contributed by atoms with E-state index in [1.807, 2.05) is 66.7 Å². The number of rotatable bonds is 6. The average Bonchev–Trinajstić information content (AvgIpc) is 3.15. The van der Waals surface area contributed by atoms with E-state index in [0.717, 1.165) is 27.8 Å². The largest absolute Gasteiger partial charge is 0.481 e. The molecule has 5 nitrogen and oxygen atoms in total. The number of aliphatic carboxylic acids is 1. The monoisotopic (exact) mass is 408 g/mol. The third kappa shape index (κ3) is 3.85. The number of carboxylic acids is 1. The van der Waals surface area contributed by atoms with Gasteiger partial charge in [0.2, 0.25) is 0 Å². The van der Waals surface area contributed by atoms with Crippen LogP contribution < -0.4 is 5.56 Å². The summed E-state index contributed by atoms with van der Waals surface area (Å²) in [4.78, 5) is 29.8. The van der Waals surface area contributed by atoms with Crippen molar-refractivity contribution in [1.82, 2.24) is 9.55 Å². The second-order valence-corrected chi connectivity index (χ2v) is 8.14. The molecule has 0 atom stereocenters. The van der Waals surface area contributed by atoms with Crippen LogP contribution in [-0.2, 0) is 11.3 Å². The fraction of sp³-hybridized carbons (Fsp3) is 0.0952. The summed E-state index contributed by atoms with van der Waals surface area (Å²) >= 11 is 2.48. The number of hydrogen-bond acceptors (Lipinski definition) is 5. The smallest absolute Gasteiger partial charge is 0.313 e. The number of aromatic nitrogens is 2. The van der Waals surface area contributed by atoms with Crippen molar-refractivity contribution in [2.24, 2.45) is 0 Å². The lowest BCUT2D eigenvalue weighted by Crippen LogP contribution is -2.23. The van der Waals surface area contributed by atoms with E-state index < -0.39 is 5.97 Å². The first kappa shape index (κ1) is 18.5. The number of carboxylic acid groups (broad SMARTS) is 1. The van der Waals surface area contributed by atoms with Crippen LogP contribution in [0.3, 0.4) is 0 Å². The Hall–Kier alpha value is -2.90. The molecule has 0 saturated carbocycles. The zero-order valence-electron chi connectivity index (χ0n) is 14.7. The summed E-state index contributed by atoms with van der Waals surface area (Å²) in [6.45, 7) is 0.350. The van der Waals surface area contributed by atoms with Gasteiger partial charge in [0.25, 0.3) is 5.56 Å². The summed E-state index contributed by atoms with van der Waals surface area (Å²) in [7, 11) is 0. The molecule has 0 unspecified atom stereocenters. The Bertz CT molecular complexity index is 1180. The second kappa shape index (κ2) is 8.00. The maximum absolute atomic E-state index is 13.2. The summed E-state index contributed by atoms with van der Waals surface area (Å²) < 4.78 is 2.14. The van der Waals surface area contributed by atoms with Crippen LogP contribution in [0.4, 0.5) is 0 Å². The van der Waals surface area contributed by atoms with E-state index in [1.165, 1.54) is 11.3 Å². The Labute approximate surface area is 169 Å². The van der Waals surface area contributed by atoms with Crippen LogP contribution in [0.2, 0.25) is 0 Å². The average molecular weight is 409 g/mol. The highest BCUT2D eigenvalue weighted by molar-refractivity contribution is 7.99. The third-order valence-electron chi connectivity index (χ3n) is 4.17. The van der Waals surface area contributed by atoms with E-state index in [0.29, 0.717) is 21.9 Å². The molecule has 28 heavy (non-hydrogen) atoms. The van der Waals surface area contributed by atoms with Gasteiger partial charge in [0.05, 0.1) is 17.8 Å². The van der Waals surface area contributed by atoms with Crippen molar-refractivity contribution < 1.29 is 9.90 Å². The van der Waals surface area contributed by atoms with Crippen molar-refractivity contribution in [3.05, 3.63) is 82.6 Å². The minimum Gasteiger partial charge on any atom is -0.481 e. The van der Waals surface area contributed by atoms with E-state index in [-0.39, 0.29) is 11.3 Å². The summed E-state index contributed by atoms with van der Waals surface area (Å²) in [6.07, 6.45) is 0. The quantitative estimate of drug-likeness (QED) is 0.379. The molecule has 2 aromatic heterocycles. The molecule has 0 saturated heterocycles. The molecule has 2 aromatic carbocycles. The van der Waals surface area contributed by atoms with Gasteiger partial charge < -0.3 is 5.11 Å². The maximum atomic E-state index is 13.2. The van der Waals surface area contributed by atoms with Crippen LogP contribution in [-0.4, -0.2) is 26.4 Å². The van der Waals surface area contributed by atoms with Crippen LogP contribution in [0.15, 0.2) is 76.7 Å². The highest BCUT2D eigenvalue weighted by Crippen LogP contribution is 2.32. The van der Waals surface area contributed by atoms with Crippen molar-refractivity contribution in [3.63, 3.8) is 0 Å². The standard InChI is InChI=1S/C21H16N2O3S2/c24-18(25)13-27-21-22-16-11-17(15-9-5-2-6-10-15)28-19(16)20(26)23(21)12-14-7-3-1-4-8-14/h1-11H,12-13H2,(H,24,25). The first-order chi connectivity index (χ1) is 13.6. The zero-order valence-corrected chi connectivity index (χ0v) is 16.4. The van der Waals surface area contributed by atoms with Gasteiger partial charge in [-0.05, 0) is 17.2 Å². The highest BCUT2D eigenvalue weighted by atomic mass is 32.2. The van der Waals surface area contributed by atoms with Crippen molar-refractivity contribution in [2.75, 3.05) is 5.75 Å². The molecular formula is C21H16N2O3S2. The molecule has 0 aliphatic rings. The summed E-state index contributed by atoms with van der Waals surface area (Å²) in [5.41, 5.74) is 2.45. The lowest BCUT2D eigenvalue weighted by Gasteiger charge is -2.11. The molecule has 2 heterocycles. The van der Waals surface area contributed by atoms with Crippen LogP contribution in [0.25, 0.3) is 20.7 Å². The Kier molecular flexibility index (Phi) is 5.27. The number of thiophene rings is 1. The molecule has 0 aliphatic heterocycles. The minimum atomic E-state index is -0.944. The first-order valence-corrected chi connectivity index (χ1v) is 10.4. The van der Waals surface area contributed by atoms with E-state index >= 15 is 0 Å². The third-order valence-corrected chi connectivity index (χ3v) is 6.29. The van der Waals surface area contributed by atoms with Crippen LogP contribution in [0.1, 0.15) is 5.56 Å². The molecule has 140 valence electrons. The van der Waals surface area contributed by atoms with E-state index in [4.69, 9.17) is 5.11 Å². The van der Waals surface area contributed by atoms with Gasteiger partial charge in [-0.1, -0.05) is 72.4 Å². The summed E-state index contributed by atoms with van der Waals surface area (Å²) in [5.74, 6) is -1.09. The fourth-order valence-electron chi connectivity index (χ4n) is 2.88. The van der Waals surface area contributed by atoms with Crippen molar-refractivity contribution in [2.45, 2.75) is 11.7 Å². The normalized spacial score (nSPS) is 11.0. The predicted octanol–water partition coefficient (Wildman–Crippen LogP) is 4.35. The Morgan fingerprint density at radius 3 is 2.43 bits per heavy atom. The lowest BCUT2D eigenvalue weighted by molar-refractivity contribution is -0.133. The number of carbonyl (C=O) groups is 1. The number of benzene rings is 2. The molecule has 1 N–H and O–H groups in total. The fourth-order valence-corrected chi connectivity index (χ4v) is 4.65. The van der Waals surface area contributed by atoms with Crippen molar-refractivity contribution in [3.8, 4) is 10.4 Å². The van der Waals surface area contributed by atoms with Gasteiger partial charge in [-0.2, -0.15) is 0 Å². The van der Waals surface area contributed by atoms with Gasteiger partial charge in [-0.15, -0.1) is 11.3 Å². The van der Waals surface area contributed by atoms with Gasteiger partial charge in [0.15, 0.2) is 5.16 Å². The van der Waals surface area contributed by atoms with Crippen molar-refractivity contribution >= 4 is 39.3 Å². The summed E-state index contributed by atoms with van der Waals surface area (Å²) in [5, 5.41) is 9.47. The second-order valence-electron chi connectivity index (χ2n) is 6.14. The molecule has 0 bridgehead atoms. The highest BCUT2D eigenvalue weighted by Gasteiger charge is 2.16. The van der Waals surface area contributed by atoms with E-state index in [1.54, 1.807) is 4.57 Å². The summed E-state index contributed by atoms with van der Waals surface area (Å²) in [6, 6.07) is 21.4. The Morgan fingerprint density at radius 1 is 1.07 bits per heavy atom. The van der Waals surface area contributed by atoms with Gasteiger partial charge in [0.1, 0.15) is 4.70 Å². The topological polar surface area (TPSA) is 72.2 Å². The van der Waals surface area contributed by atoms with E-state index in [9.17, 15) is 9.59 Å². The molecule has 0 amide bonds. The Balaban J connectivity index is 1.84. The number of nitrogens with zero attached hydrogens (tertiary/aromatic N) is 2. The number of hydrogen-bond donors (Lipinski definition) is 1. The number of thioether (sulfide) groups is 1. The maximum Gasteiger partial charge on any atom is 0.313 e.